The summed E-state index contributed by atoms with van der Waals surface area (Å²) in [4.78, 5) is 12.2. The third-order valence-electron chi connectivity index (χ3n) is 5.07. The van der Waals surface area contributed by atoms with Crippen LogP contribution >= 0.6 is 0 Å². The number of methoxy groups -OCH3 is 1. The zero-order valence-electron chi connectivity index (χ0n) is 13.8. The van der Waals surface area contributed by atoms with E-state index in [0.29, 0.717) is 30.2 Å². The van der Waals surface area contributed by atoms with Crippen LogP contribution in [0.5, 0.6) is 0 Å². The second kappa shape index (κ2) is 7.93. The minimum absolute atomic E-state index is 0.0526. The van der Waals surface area contributed by atoms with Gasteiger partial charge in [0.15, 0.2) is 5.82 Å². The van der Waals surface area contributed by atoms with Gasteiger partial charge in [-0.3, -0.25) is 9.89 Å². The molecule has 0 spiro atoms. The highest BCUT2D eigenvalue weighted by Gasteiger charge is 2.24. The van der Waals surface area contributed by atoms with Crippen LogP contribution < -0.4 is 5.32 Å². The van der Waals surface area contributed by atoms with Crippen LogP contribution in [0, 0.1) is 5.92 Å². The first-order valence-electron chi connectivity index (χ1n) is 8.70. The first-order valence-corrected chi connectivity index (χ1v) is 8.70. The predicted molar refractivity (Wildman–Crippen MR) is 87.4 cm³/mol. The number of hydrogen-bond acceptors (Lipinski definition) is 4. The van der Waals surface area contributed by atoms with Crippen molar-refractivity contribution in [2.45, 2.75) is 57.0 Å². The summed E-state index contributed by atoms with van der Waals surface area (Å²) in [6, 6.07) is 1.96. The normalized spacial score (nSPS) is 26.1. The van der Waals surface area contributed by atoms with Gasteiger partial charge in [0, 0.05) is 44.4 Å². The van der Waals surface area contributed by atoms with E-state index in [2.05, 4.69) is 15.5 Å². The maximum absolute atomic E-state index is 12.2. The Bertz CT molecular complexity index is 511. The number of nitrogens with zero attached hydrogens (tertiary/aromatic N) is 1. The van der Waals surface area contributed by atoms with Gasteiger partial charge in [0.05, 0.1) is 6.10 Å². The van der Waals surface area contributed by atoms with Gasteiger partial charge in [-0.05, 0) is 38.0 Å². The van der Waals surface area contributed by atoms with Crippen molar-refractivity contribution in [3.8, 4) is 0 Å². The second-order valence-corrected chi connectivity index (χ2v) is 6.74. The number of aromatic nitrogens is 2. The molecule has 0 bridgehead atoms. The predicted octanol–water partition coefficient (Wildman–Crippen LogP) is 2.84. The van der Waals surface area contributed by atoms with Crippen molar-refractivity contribution >= 4 is 11.7 Å². The lowest BCUT2D eigenvalue weighted by Crippen LogP contribution is -2.25. The number of hydrogen-bond donors (Lipinski definition) is 2. The molecule has 2 aliphatic rings. The van der Waals surface area contributed by atoms with Crippen molar-refractivity contribution in [3.63, 3.8) is 0 Å². The second-order valence-electron chi connectivity index (χ2n) is 6.74. The van der Waals surface area contributed by atoms with E-state index in [1.54, 1.807) is 7.11 Å². The summed E-state index contributed by atoms with van der Waals surface area (Å²) in [7, 11) is 1.76. The van der Waals surface area contributed by atoms with Crippen LogP contribution in [0.25, 0.3) is 0 Å². The van der Waals surface area contributed by atoms with Gasteiger partial charge >= 0.3 is 0 Å². The SMILES string of the molecule is COC1CCCC(CC(=O)Nc2cc(C3CCOCC3)[nH]n2)C1. The van der Waals surface area contributed by atoms with E-state index in [9.17, 15) is 4.79 Å². The number of aromatic amines is 1. The smallest absolute Gasteiger partial charge is 0.225 e. The number of carbonyl (C=O) groups excluding carboxylic acids is 1. The molecule has 2 fully saturated rings. The van der Waals surface area contributed by atoms with Gasteiger partial charge < -0.3 is 14.8 Å². The number of rotatable bonds is 5. The van der Waals surface area contributed by atoms with Crippen LogP contribution in [0.4, 0.5) is 5.82 Å². The Morgan fingerprint density at radius 3 is 3.00 bits per heavy atom. The highest BCUT2D eigenvalue weighted by molar-refractivity contribution is 5.89. The van der Waals surface area contributed by atoms with Crippen LogP contribution in [-0.4, -0.2) is 42.5 Å². The zero-order chi connectivity index (χ0) is 16.1. The molecular formula is C17H27N3O3. The van der Waals surface area contributed by atoms with E-state index >= 15 is 0 Å². The third kappa shape index (κ3) is 4.54. The van der Waals surface area contributed by atoms with Gasteiger partial charge in [-0.2, -0.15) is 5.10 Å². The first-order chi connectivity index (χ1) is 11.2. The lowest BCUT2D eigenvalue weighted by molar-refractivity contribution is -0.117. The lowest BCUT2D eigenvalue weighted by Gasteiger charge is -2.27. The lowest BCUT2D eigenvalue weighted by atomic mass is 9.85. The monoisotopic (exact) mass is 321 g/mol. The summed E-state index contributed by atoms with van der Waals surface area (Å²) in [6.07, 6.45) is 7.24. The third-order valence-corrected chi connectivity index (χ3v) is 5.07. The van der Waals surface area contributed by atoms with E-state index in [-0.39, 0.29) is 5.91 Å². The van der Waals surface area contributed by atoms with Gasteiger partial charge in [0.25, 0.3) is 0 Å². The standard InChI is InChI=1S/C17H27N3O3/c1-22-14-4-2-3-12(9-14)10-17(21)18-16-11-15(19-20-16)13-5-7-23-8-6-13/h11-14H,2-10H2,1H3,(H2,18,19,20,21). The molecule has 0 aromatic carbocycles. The molecule has 2 unspecified atom stereocenters. The highest BCUT2D eigenvalue weighted by atomic mass is 16.5. The van der Waals surface area contributed by atoms with Gasteiger partial charge in [-0.25, -0.2) is 0 Å². The number of ether oxygens (including phenoxy) is 2. The molecule has 2 heterocycles. The van der Waals surface area contributed by atoms with Crippen LogP contribution in [0.15, 0.2) is 6.07 Å². The molecule has 23 heavy (non-hydrogen) atoms. The van der Waals surface area contributed by atoms with Crippen molar-refractivity contribution in [1.29, 1.82) is 0 Å². The Morgan fingerprint density at radius 2 is 2.22 bits per heavy atom. The summed E-state index contributed by atoms with van der Waals surface area (Å²) in [5.41, 5.74) is 1.10. The molecular weight excluding hydrogens is 294 g/mol. The van der Waals surface area contributed by atoms with Crippen molar-refractivity contribution < 1.29 is 14.3 Å². The highest BCUT2D eigenvalue weighted by Crippen LogP contribution is 2.29. The molecule has 1 aliphatic carbocycles. The Hall–Kier alpha value is -1.40. The number of H-pyrrole nitrogens is 1. The van der Waals surface area contributed by atoms with E-state index in [0.717, 1.165) is 57.4 Å². The summed E-state index contributed by atoms with van der Waals surface area (Å²) in [5, 5.41) is 10.2. The number of amides is 1. The summed E-state index contributed by atoms with van der Waals surface area (Å²) in [5.74, 6) is 1.57. The van der Waals surface area contributed by atoms with Crippen LogP contribution in [0.3, 0.4) is 0 Å². The van der Waals surface area contributed by atoms with Crippen LogP contribution in [0.2, 0.25) is 0 Å². The van der Waals surface area contributed by atoms with Crippen molar-refractivity contribution in [3.05, 3.63) is 11.8 Å². The van der Waals surface area contributed by atoms with Gasteiger partial charge in [0.1, 0.15) is 0 Å². The molecule has 3 rings (SSSR count). The topological polar surface area (TPSA) is 76.2 Å². The fourth-order valence-electron chi connectivity index (χ4n) is 3.72. The van der Waals surface area contributed by atoms with E-state index in [4.69, 9.17) is 9.47 Å². The Labute approximate surface area is 137 Å². The Balaban J connectivity index is 1.49. The van der Waals surface area contributed by atoms with Gasteiger partial charge in [0.2, 0.25) is 5.91 Å². The maximum atomic E-state index is 12.2. The van der Waals surface area contributed by atoms with Gasteiger partial charge in [-0.1, -0.05) is 6.42 Å². The summed E-state index contributed by atoms with van der Waals surface area (Å²) >= 11 is 0. The van der Waals surface area contributed by atoms with Crippen molar-refractivity contribution in [2.24, 2.45) is 5.92 Å². The molecule has 2 N–H and O–H groups in total. The minimum Gasteiger partial charge on any atom is -0.381 e. The quantitative estimate of drug-likeness (QED) is 0.874. The number of carbonyl (C=O) groups is 1. The summed E-state index contributed by atoms with van der Waals surface area (Å²) < 4.78 is 10.8. The Kier molecular flexibility index (Phi) is 5.67. The number of nitrogens with one attached hydrogen (secondary N) is 2. The zero-order valence-corrected chi connectivity index (χ0v) is 13.8. The molecule has 2 atom stereocenters. The van der Waals surface area contributed by atoms with E-state index in [1.807, 2.05) is 6.07 Å². The number of anilines is 1. The molecule has 1 saturated heterocycles. The minimum atomic E-state index is 0.0526. The fourth-order valence-corrected chi connectivity index (χ4v) is 3.72. The molecule has 6 heteroatoms. The molecule has 1 aromatic rings. The molecule has 1 saturated carbocycles. The summed E-state index contributed by atoms with van der Waals surface area (Å²) in [6.45, 7) is 1.60. The molecule has 128 valence electrons. The molecule has 1 aliphatic heterocycles. The van der Waals surface area contributed by atoms with Gasteiger partial charge in [-0.15, -0.1) is 0 Å². The van der Waals surface area contributed by atoms with E-state index < -0.39 is 0 Å². The van der Waals surface area contributed by atoms with Crippen LogP contribution in [0.1, 0.15) is 56.6 Å². The molecule has 1 aromatic heterocycles. The molecule has 1 amide bonds. The largest absolute Gasteiger partial charge is 0.381 e. The van der Waals surface area contributed by atoms with E-state index in [1.165, 1.54) is 0 Å². The fraction of sp³-hybridized carbons (Fsp3) is 0.765. The maximum Gasteiger partial charge on any atom is 0.225 e. The first kappa shape index (κ1) is 16.5. The average molecular weight is 321 g/mol. The van der Waals surface area contributed by atoms with Crippen molar-refractivity contribution in [2.75, 3.05) is 25.6 Å². The van der Waals surface area contributed by atoms with Crippen LogP contribution in [-0.2, 0) is 14.3 Å². The molecule has 6 nitrogen and oxygen atoms in total. The Morgan fingerprint density at radius 1 is 1.39 bits per heavy atom. The van der Waals surface area contributed by atoms with Crippen molar-refractivity contribution in [1.82, 2.24) is 10.2 Å². The molecule has 0 radical (unpaired) electrons. The average Bonchev–Trinajstić information content (AvgIpc) is 3.04.